The maximum absolute atomic E-state index is 12.2. The first-order valence-corrected chi connectivity index (χ1v) is 8.92. The van der Waals surface area contributed by atoms with Crippen LogP contribution < -0.4 is 0 Å². The van der Waals surface area contributed by atoms with Gasteiger partial charge in [0.25, 0.3) is 0 Å². The minimum Gasteiger partial charge on any atom is -0.457 e. The molecule has 4 aromatic rings. The van der Waals surface area contributed by atoms with Crippen molar-refractivity contribution in [2.75, 3.05) is 0 Å². The van der Waals surface area contributed by atoms with Crippen LogP contribution in [0.4, 0.5) is 0 Å². The molecule has 5 heteroatoms. The lowest BCUT2D eigenvalue weighted by Gasteiger charge is -2.05. The van der Waals surface area contributed by atoms with Crippen molar-refractivity contribution >= 4 is 5.97 Å². The average molecular weight is 370 g/mol. The molecule has 3 aromatic carbocycles. The SMILES string of the molecule is Cc1ccccc1-c1nnc(-c2ccc(C(=O)OCc3ccccc3)cc2)o1. The van der Waals surface area contributed by atoms with Crippen molar-refractivity contribution in [1.29, 1.82) is 0 Å². The van der Waals surface area contributed by atoms with E-state index in [1.54, 1.807) is 24.3 Å². The third-order valence-electron chi connectivity index (χ3n) is 4.38. The fraction of sp³-hybridized carbons (Fsp3) is 0.0870. The van der Waals surface area contributed by atoms with Gasteiger partial charge in [-0.3, -0.25) is 0 Å². The predicted octanol–water partition coefficient (Wildman–Crippen LogP) is 5.07. The zero-order chi connectivity index (χ0) is 19.3. The van der Waals surface area contributed by atoms with Gasteiger partial charge in [-0.05, 0) is 48.4 Å². The Morgan fingerprint density at radius 1 is 0.857 bits per heavy atom. The molecular formula is C23H18N2O3. The smallest absolute Gasteiger partial charge is 0.338 e. The van der Waals surface area contributed by atoms with Gasteiger partial charge >= 0.3 is 5.97 Å². The second-order valence-corrected chi connectivity index (χ2v) is 6.37. The molecule has 0 aliphatic heterocycles. The summed E-state index contributed by atoms with van der Waals surface area (Å²) < 4.78 is 11.1. The Morgan fingerprint density at radius 3 is 2.29 bits per heavy atom. The van der Waals surface area contributed by atoms with E-state index in [1.807, 2.05) is 61.5 Å². The molecule has 28 heavy (non-hydrogen) atoms. The quantitative estimate of drug-likeness (QED) is 0.459. The summed E-state index contributed by atoms with van der Waals surface area (Å²) in [7, 11) is 0. The minimum absolute atomic E-state index is 0.241. The van der Waals surface area contributed by atoms with Crippen molar-refractivity contribution in [3.63, 3.8) is 0 Å². The molecular weight excluding hydrogens is 352 g/mol. The summed E-state index contributed by atoms with van der Waals surface area (Å²) in [5, 5.41) is 8.26. The number of benzene rings is 3. The van der Waals surface area contributed by atoms with Crippen molar-refractivity contribution in [2.45, 2.75) is 13.5 Å². The third-order valence-corrected chi connectivity index (χ3v) is 4.38. The van der Waals surface area contributed by atoms with E-state index in [-0.39, 0.29) is 12.6 Å². The molecule has 5 nitrogen and oxygen atoms in total. The van der Waals surface area contributed by atoms with Gasteiger partial charge in [-0.1, -0.05) is 48.5 Å². The van der Waals surface area contributed by atoms with Gasteiger partial charge in [-0.2, -0.15) is 0 Å². The Bertz CT molecular complexity index is 1090. The molecule has 0 N–H and O–H groups in total. The normalized spacial score (nSPS) is 10.6. The number of carbonyl (C=O) groups excluding carboxylic acids is 1. The number of nitrogens with zero attached hydrogens (tertiary/aromatic N) is 2. The largest absolute Gasteiger partial charge is 0.457 e. The number of esters is 1. The van der Waals surface area contributed by atoms with Crippen LogP contribution in [0.5, 0.6) is 0 Å². The molecule has 0 aliphatic carbocycles. The number of aromatic nitrogens is 2. The van der Waals surface area contributed by atoms with Crippen LogP contribution in [0.1, 0.15) is 21.5 Å². The van der Waals surface area contributed by atoms with E-state index in [2.05, 4.69) is 10.2 Å². The van der Waals surface area contributed by atoms with Gasteiger partial charge in [0.2, 0.25) is 11.8 Å². The van der Waals surface area contributed by atoms with Gasteiger partial charge in [0.1, 0.15) is 6.61 Å². The second-order valence-electron chi connectivity index (χ2n) is 6.37. The molecule has 0 spiro atoms. The van der Waals surface area contributed by atoms with Gasteiger partial charge < -0.3 is 9.15 Å². The Kier molecular flexibility index (Phi) is 4.97. The highest BCUT2D eigenvalue weighted by Crippen LogP contribution is 2.26. The molecule has 0 atom stereocenters. The Morgan fingerprint density at radius 2 is 1.54 bits per heavy atom. The van der Waals surface area contributed by atoms with Crippen molar-refractivity contribution in [3.05, 3.63) is 95.6 Å². The molecule has 0 radical (unpaired) electrons. The van der Waals surface area contributed by atoms with Gasteiger partial charge in [-0.25, -0.2) is 4.79 Å². The highest BCUT2D eigenvalue weighted by atomic mass is 16.5. The van der Waals surface area contributed by atoms with Gasteiger partial charge in [0, 0.05) is 11.1 Å². The Hall–Kier alpha value is -3.73. The van der Waals surface area contributed by atoms with E-state index in [0.717, 1.165) is 22.3 Å². The first-order valence-electron chi connectivity index (χ1n) is 8.92. The Labute approximate surface area is 162 Å². The number of ether oxygens (including phenoxy) is 1. The lowest BCUT2D eigenvalue weighted by Crippen LogP contribution is -2.05. The first kappa shape index (κ1) is 17.7. The van der Waals surface area contributed by atoms with Crippen molar-refractivity contribution in [2.24, 2.45) is 0 Å². The number of carbonyl (C=O) groups is 1. The van der Waals surface area contributed by atoms with Crippen LogP contribution in [0.2, 0.25) is 0 Å². The van der Waals surface area contributed by atoms with Crippen LogP contribution in [0.3, 0.4) is 0 Å². The van der Waals surface area contributed by atoms with E-state index in [0.29, 0.717) is 17.3 Å². The van der Waals surface area contributed by atoms with E-state index in [4.69, 9.17) is 9.15 Å². The molecule has 1 aromatic heterocycles. The maximum atomic E-state index is 12.2. The predicted molar refractivity (Wildman–Crippen MR) is 105 cm³/mol. The first-order chi connectivity index (χ1) is 13.7. The molecule has 0 aliphatic rings. The minimum atomic E-state index is -0.374. The average Bonchev–Trinajstić information content (AvgIpc) is 3.23. The van der Waals surface area contributed by atoms with E-state index in [1.165, 1.54) is 0 Å². The highest BCUT2D eigenvalue weighted by Gasteiger charge is 2.13. The zero-order valence-corrected chi connectivity index (χ0v) is 15.3. The summed E-state index contributed by atoms with van der Waals surface area (Å²) in [5.74, 6) is 0.503. The molecule has 138 valence electrons. The molecule has 0 saturated heterocycles. The van der Waals surface area contributed by atoms with E-state index < -0.39 is 0 Å². The van der Waals surface area contributed by atoms with Crippen molar-refractivity contribution < 1.29 is 13.9 Å². The summed E-state index contributed by atoms with van der Waals surface area (Å²) in [5.41, 5.74) is 4.13. The molecule has 4 rings (SSSR count). The third kappa shape index (κ3) is 3.83. The van der Waals surface area contributed by atoms with Gasteiger partial charge in [-0.15, -0.1) is 10.2 Å². The standard InChI is InChI=1S/C23H18N2O3/c1-16-7-5-6-10-20(16)22-25-24-21(28-22)18-11-13-19(14-12-18)23(26)27-15-17-8-3-2-4-9-17/h2-14H,15H2,1H3. The van der Waals surface area contributed by atoms with Crippen LogP contribution in [-0.2, 0) is 11.3 Å². The van der Waals surface area contributed by atoms with E-state index >= 15 is 0 Å². The van der Waals surface area contributed by atoms with Crippen LogP contribution in [0.15, 0.2) is 83.3 Å². The van der Waals surface area contributed by atoms with Gasteiger partial charge in [0.05, 0.1) is 5.56 Å². The number of hydrogen-bond donors (Lipinski definition) is 0. The summed E-state index contributed by atoms with van der Waals surface area (Å²) in [6.45, 7) is 2.24. The number of rotatable bonds is 5. The molecule has 0 saturated carbocycles. The lowest BCUT2D eigenvalue weighted by molar-refractivity contribution is 0.0472. The fourth-order valence-corrected chi connectivity index (χ4v) is 2.82. The van der Waals surface area contributed by atoms with E-state index in [9.17, 15) is 4.79 Å². The second kappa shape index (κ2) is 7.88. The summed E-state index contributed by atoms with van der Waals surface area (Å²) in [4.78, 5) is 12.2. The molecule has 1 heterocycles. The topological polar surface area (TPSA) is 65.2 Å². The summed E-state index contributed by atoms with van der Waals surface area (Å²) in [6.07, 6.45) is 0. The van der Waals surface area contributed by atoms with Crippen LogP contribution in [0, 0.1) is 6.92 Å². The molecule has 0 amide bonds. The van der Waals surface area contributed by atoms with Crippen molar-refractivity contribution in [1.82, 2.24) is 10.2 Å². The lowest BCUT2D eigenvalue weighted by atomic mass is 10.1. The van der Waals surface area contributed by atoms with Crippen LogP contribution in [-0.4, -0.2) is 16.2 Å². The zero-order valence-electron chi connectivity index (χ0n) is 15.3. The van der Waals surface area contributed by atoms with Gasteiger partial charge in [0.15, 0.2) is 0 Å². The molecule has 0 fully saturated rings. The number of hydrogen-bond acceptors (Lipinski definition) is 5. The maximum Gasteiger partial charge on any atom is 0.338 e. The highest BCUT2D eigenvalue weighted by molar-refractivity contribution is 5.89. The monoisotopic (exact) mass is 370 g/mol. The fourth-order valence-electron chi connectivity index (χ4n) is 2.82. The summed E-state index contributed by atoms with van der Waals surface area (Å²) >= 11 is 0. The van der Waals surface area contributed by atoms with Crippen LogP contribution in [0.25, 0.3) is 22.9 Å². The Balaban J connectivity index is 1.46. The van der Waals surface area contributed by atoms with Crippen molar-refractivity contribution in [3.8, 4) is 22.9 Å². The number of aryl methyl sites for hydroxylation is 1. The summed E-state index contributed by atoms with van der Waals surface area (Å²) in [6, 6.07) is 24.3. The molecule has 0 unspecified atom stereocenters. The molecule has 0 bridgehead atoms. The van der Waals surface area contributed by atoms with Crippen LogP contribution >= 0.6 is 0 Å².